The number of nitrogens with zero attached hydrogens (tertiary/aromatic N) is 3. The maximum Gasteiger partial charge on any atom is 0.258 e. The van der Waals surface area contributed by atoms with E-state index in [1.165, 1.54) is 17.7 Å². The number of nitrogens with one attached hydrogen (secondary N) is 1. The number of thiocarbonyl (C=S) groups is 1. The first-order valence-corrected chi connectivity index (χ1v) is 11.8. The van der Waals surface area contributed by atoms with Crippen LogP contribution in [0.15, 0.2) is 83.0 Å². The molecule has 0 saturated heterocycles. The Labute approximate surface area is 209 Å². The van der Waals surface area contributed by atoms with Crippen LogP contribution in [0.3, 0.4) is 0 Å². The van der Waals surface area contributed by atoms with Crippen LogP contribution in [0.4, 0.5) is 4.39 Å². The van der Waals surface area contributed by atoms with Crippen molar-refractivity contribution in [2.24, 2.45) is 0 Å². The average Bonchev–Trinajstić information content (AvgIpc) is 3.32. The molecule has 176 valence electrons. The highest BCUT2D eigenvalue weighted by Crippen LogP contribution is 2.38. The predicted molar refractivity (Wildman–Crippen MR) is 139 cm³/mol. The number of aryl methyl sites for hydroxylation is 2. The predicted octanol–water partition coefficient (Wildman–Crippen LogP) is 6.36. The van der Waals surface area contributed by atoms with Gasteiger partial charge in [0, 0.05) is 11.3 Å². The minimum atomic E-state index is -0.433. The van der Waals surface area contributed by atoms with E-state index in [-0.39, 0.29) is 5.82 Å². The maximum absolute atomic E-state index is 14.2. The lowest BCUT2D eigenvalue weighted by molar-refractivity contribution is 0.396. The molecule has 1 N–H and O–H groups in total. The molecule has 3 aromatic carbocycles. The molecule has 35 heavy (non-hydrogen) atoms. The fourth-order valence-electron chi connectivity index (χ4n) is 4.38. The van der Waals surface area contributed by atoms with Crippen LogP contribution < -0.4 is 5.32 Å². The molecule has 7 heteroatoms. The summed E-state index contributed by atoms with van der Waals surface area (Å²) in [4.78, 5) is 6.77. The topological polar surface area (TPSA) is 54.2 Å². The van der Waals surface area contributed by atoms with Crippen molar-refractivity contribution in [2.45, 2.75) is 33.4 Å². The summed E-state index contributed by atoms with van der Waals surface area (Å²) in [5.74, 6) is 0.555. The van der Waals surface area contributed by atoms with Crippen molar-refractivity contribution < 1.29 is 8.91 Å². The van der Waals surface area contributed by atoms with E-state index in [4.69, 9.17) is 21.7 Å². The van der Waals surface area contributed by atoms with Gasteiger partial charge in [-0.15, -0.1) is 0 Å². The Morgan fingerprint density at radius 1 is 1.00 bits per heavy atom. The fourth-order valence-corrected chi connectivity index (χ4v) is 4.70. The number of hydrogen-bond donors (Lipinski definition) is 1. The van der Waals surface area contributed by atoms with Crippen molar-refractivity contribution in [3.05, 3.63) is 112 Å². The lowest BCUT2D eigenvalue weighted by atomic mass is 9.94. The van der Waals surface area contributed by atoms with Crippen LogP contribution in [0.5, 0.6) is 0 Å². The molecule has 0 bridgehead atoms. The molecule has 1 aliphatic heterocycles. The molecule has 0 amide bonds. The van der Waals surface area contributed by atoms with Crippen molar-refractivity contribution in [3.63, 3.8) is 0 Å². The Morgan fingerprint density at radius 2 is 1.80 bits per heavy atom. The van der Waals surface area contributed by atoms with Gasteiger partial charge in [0.1, 0.15) is 5.82 Å². The van der Waals surface area contributed by atoms with E-state index in [1.54, 1.807) is 6.07 Å². The molecule has 4 aromatic rings. The first-order chi connectivity index (χ1) is 16.9. The molecule has 1 unspecified atom stereocenters. The Morgan fingerprint density at radius 3 is 2.57 bits per heavy atom. The summed E-state index contributed by atoms with van der Waals surface area (Å²) < 4.78 is 20.0. The number of allylic oxidation sites excluding steroid dienone is 1. The summed E-state index contributed by atoms with van der Waals surface area (Å²) in [7, 11) is 0. The van der Waals surface area contributed by atoms with Gasteiger partial charge in [-0.05, 0) is 67.9 Å². The standard InChI is InChI=1S/C28H25FN4OS/c1-17-8-6-12-21(14-17)26-31-27(34-32-26)24-19(3)33(16-22-10-5-4-9-18(22)2)28(35)30-25(24)20-11-7-13-23(29)15-20/h4-15,25H,16H2,1-3H3,(H,30,35). The lowest BCUT2D eigenvalue weighted by Gasteiger charge is -2.37. The van der Waals surface area contributed by atoms with Gasteiger partial charge in [0.15, 0.2) is 5.11 Å². The van der Waals surface area contributed by atoms with Gasteiger partial charge >= 0.3 is 0 Å². The van der Waals surface area contributed by atoms with Gasteiger partial charge in [-0.2, -0.15) is 4.98 Å². The van der Waals surface area contributed by atoms with Gasteiger partial charge in [0.25, 0.3) is 5.89 Å². The van der Waals surface area contributed by atoms with Crippen LogP contribution >= 0.6 is 12.2 Å². The molecule has 0 spiro atoms. The van der Waals surface area contributed by atoms with Crippen molar-refractivity contribution >= 4 is 22.9 Å². The third-order valence-corrected chi connectivity index (χ3v) is 6.64. The monoisotopic (exact) mass is 484 g/mol. The second-order valence-electron chi connectivity index (χ2n) is 8.74. The molecule has 5 rings (SSSR count). The molecular formula is C28H25FN4OS. The smallest absolute Gasteiger partial charge is 0.258 e. The zero-order valence-corrected chi connectivity index (χ0v) is 20.6. The third-order valence-electron chi connectivity index (χ3n) is 6.30. The van der Waals surface area contributed by atoms with Crippen molar-refractivity contribution in [2.75, 3.05) is 0 Å². The SMILES string of the molecule is CC1=C(c2nc(-c3cccc(C)c3)no2)C(c2cccc(F)c2)NC(=S)N1Cc1ccccc1C. The zero-order valence-electron chi connectivity index (χ0n) is 19.7. The lowest BCUT2D eigenvalue weighted by Crippen LogP contribution is -2.45. The van der Waals surface area contributed by atoms with E-state index >= 15 is 0 Å². The summed E-state index contributed by atoms with van der Waals surface area (Å²) in [6.07, 6.45) is 0. The van der Waals surface area contributed by atoms with Crippen LogP contribution in [0, 0.1) is 19.7 Å². The van der Waals surface area contributed by atoms with Gasteiger partial charge in [0.05, 0.1) is 18.2 Å². The highest BCUT2D eigenvalue weighted by atomic mass is 32.1. The molecule has 0 fully saturated rings. The number of benzene rings is 3. The molecule has 0 saturated carbocycles. The summed E-state index contributed by atoms with van der Waals surface area (Å²) >= 11 is 5.78. The fraction of sp³-hybridized carbons (Fsp3) is 0.179. The highest BCUT2D eigenvalue weighted by Gasteiger charge is 2.34. The maximum atomic E-state index is 14.2. The van der Waals surface area contributed by atoms with E-state index in [1.807, 2.05) is 61.2 Å². The minimum Gasteiger partial charge on any atom is -0.351 e. The molecule has 5 nitrogen and oxygen atoms in total. The van der Waals surface area contributed by atoms with Gasteiger partial charge < -0.3 is 14.7 Å². The van der Waals surface area contributed by atoms with Crippen molar-refractivity contribution in [3.8, 4) is 11.4 Å². The summed E-state index contributed by atoms with van der Waals surface area (Å²) in [5, 5.41) is 8.20. The van der Waals surface area contributed by atoms with E-state index in [0.717, 1.165) is 33.5 Å². The Bertz CT molecular complexity index is 1440. The number of aromatic nitrogens is 2. The largest absolute Gasteiger partial charge is 0.351 e. The van der Waals surface area contributed by atoms with E-state index < -0.39 is 6.04 Å². The van der Waals surface area contributed by atoms with E-state index in [2.05, 4.69) is 29.5 Å². The average molecular weight is 485 g/mol. The van der Waals surface area contributed by atoms with Crippen molar-refractivity contribution in [1.29, 1.82) is 0 Å². The molecule has 0 radical (unpaired) electrons. The molecule has 1 aliphatic rings. The van der Waals surface area contributed by atoms with Crippen LogP contribution in [-0.4, -0.2) is 20.2 Å². The van der Waals surface area contributed by atoms with Gasteiger partial charge in [-0.25, -0.2) is 4.39 Å². The second-order valence-corrected chi connectivity index (χ2v) is 9.13. The normalized spacial score (nSPS) is 15.9. The van der Waals surface area contributed by atoms with Gasteiger partial charge in [0.2, 0.25) is 5.82 Å². The highest BCUT2D eigenvalue weighted by molar-refractivity contribution is 7.80. The summed E-state index contributed by atoms with van der Waals surface area (Å²) in [6.45, 7) is 6.68. The quantitative estimate of drug-likeness (QED) is 0.333. The van der Waals surface area contributed by atoms with E-state index in [0.29, 0.717) is 23.4 Å². The number of rotatable bonds is 5. The summed E-state index contributed by atoms with van der Waals surface area (Å²) in [6, 6.07) is 22.2. The number of halogens is 1. The Hall–Kier alpha value is -3.84. The Balaban J connectivity index is 1.62. The first kappa shape index (κ1) is 22.9. The van der Waals surface area contributed by atoms with Crippen LogP contribution in [0.1, 0.15) is 41.1 Å². The third kappa shape index (κ3) is 4.59. The molecule has 0 aliphatic carbocycles. The van der Waals surface area contributed by atoms with Crippen LogP contribution in [0.25, 0.3) is 17.0 Å². The second kappa shape index (κ2) is 9.43. The first-order valence-electron chi connectivity index (χ1n) is 11.4. The minimum absolute atomic E-state index is 0.319. The molecule has 1 aromatic heterocycles. The van der Waals surface area contributed by atoms with Gasteiger partial charge in [-0.1, -0.05) is 65.3 Å². The number of hydrogen-bond acceptors (Lipinski definition) is 4. The molecule has 2 heterocycles. The zero-order chi connectivity index (χ0) is 24.5. The van der Waals surface area contributed by atoms with Gasteiger partial charge in [-0.3, -0.25) is 0 Å². The van der Waals surface area contributed by atoms with E-state index in [9.17, 15) is 4.39 Å². The molecular weight excluding hydrogens is 459 g/mol. The van der Waals surface area contributed by atoms with Crippen molar-refractivity contribution in [1.82, 2.24) is 20.4 Å². The van der Waals surface area contributed by atoms with Crippen LogP contribution in [0.2, 0.25) is 0 Å². The summed E-state index contributed by atoms with van der Waals surface area (Å²) in [5.41, 5.74) is 6.69. The molecule has 1 atom stereocenters. The Kier molecular flexibility index (Phi) is 6.17. The van der Waals surface area contributed by atoms with Crippen LogP contribution in [-0.2, 0) is 6.54 Å².